The molecule has 0 bridgehead atoms. The minimum Gasteiger partial charge on any atom is -0.382 e. The van der Waals surface area contributed by atoms with Crippen molar-refractivity contribution in [3.8, 4) is 0 Å². The zero-order chi connectivity index (χ0) is 24.1. The van der Waals surface area contributed by atoms with Crippen LogP contribution in [0.5, 0.6) is 0 Å². The molecule has 2 aliphatic heterocycles. The van der Waals surface area contributed by atoms with Gasteiger partial charge in [0.1, 0.15) is 17.4 Å². The van der Waals surface area contributed by atoms with E-state index in [1.54, 1.807) is 24.0 Å². The van der Waals surface area contributed by atoms with Crippen LogP contribution in [0.4, 0.5) is 5.69 Å². The van der Waals surface area contributed by atoms with E-state index in [0.29, 0.717) is 30.0 Å². The fraction of sp³-hybridized carbons (Fsp3) is 0.538. The van der Waals surface area contributed by atoms with Crippen molar-refractivity contribution in [1.82, 2.24) is 14.9 Å². The highest BCUT2D eigenvalue weighted by molar-refractivity contribution is 8.01. The van der Waals surface area contributed by atoms with E-state index in [9.17, 15) is 4.79 Å². The van der Waals surface area contributed by atoms with Crippen LogP contribution >= 0.6 is 11.8 Å². The maximum Gasteiger partial charge on any atom is 0.240 e. The molecule has 0 saturated carbocycles. The first kappa shape index (κ1) is 24.7. The average Bonchev–Trinajstić information content (AvgIpc) is 2.82. The number of thioether (sulfide) groups is 1. The molecule has 2 aromatic rings. The number of fused-ring (bicyclic) bond motifs is 1. The van der Waals surface area contributed by atoms with Gasteiger partial charge in [-0.3, -0.25) is 15.1 Å². The summed E-state index contributed by atoms with van der Waals surface area (Å²) in [5.41, 5.74) is 6.98. The molecule has 1 aromatic carbocycles. The van der Waals surface area contributed by atoms with E-state index >= 15 is 0 Å². The van der Waals surface area contributed by atoms with Crippen LogP contribution in [0.3, 0.4) is 0 Å². The number of piperidine rings is 1. The highest BCUT2D eigenvalue weighted by atomic mass is 32.2. The van der Waals surface area contributed by atoms with E-state index in [0.717, 1.165) is 36.5 Å². The molecular weight excluding hydrogens is 444 g/mol. The standard InChI is InChI=1S/C26H36N6OS/c1-18-9-8-10-19(2)31(18)15-6-3-7-16-32-21-11-4-5-12-22(21)34-23(26(32)33)17-24-29-14-13-20(30-24)25(27)28/h4-5,11-14,18-19,23H,3,6-10,15-17H2,1-2H3,(H3,27,28)/t18-,19+,23?. The van der Waals surface area contributed by atoms with Crippen LogP contribution < -0.4 is 10.6 Å². The van der Waals surface area contributed by atoms with Crippen molar-refractivity contribution in [2.75, 3.05) is 18.0 Å². The summed E-state index contributed by atoms with van der Waals surface area (Å²) in [6, 6.07) is 11.1. The SMILES string of the molecule is C[C@@H]1CCC[C@H](C)N1CCCCCN1C(=O)C(Cc2nccc(C(=N)N)n2)Sc2ccccc21. The summed E-state index contributed by atoms with van der Waals surface area (Å²) in [4.78, 5) is 27.9. The van der Waals surface area contributed by atoms with Crippen LogP contribution in [0.25, 0.3) is 0 Å². The third kappa shape index (κ3) is 5.78. The van der Waals surface area contributed by atoms with Gasteiger partial charge in [-0.05, 0) is 64.3 Å². The van der Waals surface area contributed by atoms with E-state index in [-0.39, 0.29) is 17.0 Å². The number of benzene rings is 1. The molecule has 3 heterocycles. The molecule has 1 saturated heterocycles. The quantitative estimate of drug-likeness (QED) is 0.316. The first-order chi connectivity index (χ1) is 16.4. The van der Waals surface area contributed by atoms with Gasteiger partial charge in [0.25, 0.3) is 0 Å². The Kier molecular flexibility index (Phi) is 8.21. The number of amidine groups is 1. The number of amides is 1. The van der Waals surface area contributed by atoms with E-state index in [1.165, 1.54) is 25.7 Å². The number of aromatic nitrogens is 2. The first-order valence-corrected chi connectivity index (χ1v) is 13.3. The van der Waals surface area contributed by atoms with Gasteiger partial charge in [0.15, 0.2) is 0 Å². The van der Waals surface area contributed by atoms with Gasteiger partial charge in [0, 0.05) is 36.1 Å². The minimum absolute atomic E-state index is 0.0911. The van der Waals surface area contributed by atoms with Crippen molar-refractivity contribution in [3.05, 3.63) is 48.0 Å². The number of rotatable bonds is 9. The second kappa shape index (κ2) is 11.3. The molecule has 3 atom stereocenters. The number of likely N-dealkylation sites (tertiary alicyclic amines) is 1. The van der Waals surface area contributed by atoms with Gasteiger partial charge in [0.05, 0.1) is 10.9 Å². The Morgan fingerprint density at radius 3 is 2.62 bits per heavy atom. The molecule has 0 spiro atoms. The smallest absolute Gasteiger partial charge is 0.240 e. The number of nitrogens with zero attached hydrogens (tertiary/aromatic N) is 4. The van der Waals surface area contributed by atoms with Crippen LogP contribution in [0, 0.1) is 5.41 Å². The highest BCUT2D eigenvalue weighted by Gasteiger charge is 2.34. The third-order valence-electron chi connectivity index (χ3n) is 6.99. The van der Waals surface area contributed by atoms with Crippen LogP contribution in [0.1, 0.15) is 63.9 Å². The normalized spacial score (nSPS) is 23.1. The fourth-order valence-corrected chi connectivity index (χ4v) is 6.33. The second-order valence-corrected chi connectivity index (χ2v) is 10.7. The Morgan fingerprint density at radius 1 is 1.12 bits per heavy atom. The lowest BCUT2D eigenvalue weighted by molar-refractivity contribution is -0.118. The van der Waals surface area contributed by atoms with Crippen molar-refractivity contribution in [2.24, 2.45) is 5.73 Å². The summed E-state index contributed by atoms with van der Waals surface area (Å²) in [7, 11) is 0. The summed E-state index contributed by atoms with van der Waals surface area (Å²) < 4.78 is 0. The van der Waals surface area contributed by atoms with Crippen LogP contribution in [0.15, 0.2) is 41.4 Å². The molecule has 182 valence electrons. The third-order valence-corrected chi connectivity index (χ3v) is 8.24. The predicted molar refractivity (Wildman–Crippen MR) is 139 cm³/mol. The lowest BCUT2D eigenvalue weighted by Crippen LogP contribution is -2.44. The van der Waals surface area contributed by atoms with Crippen LogP contribution in [0.2, 0.25) is 0 Å². The molecule has 0 radical (unpaired) electrons. The molecular formula is C26H36N6OS. The van der Waals surface area contributed by atoms with Gasteiger partial charge in [-0.25, -0.2) is 9.97 Å². The Bertz CT molecular complexity index is 1000. The number of carbonyl (C=O) groups excluding carboxylic acids is 1. The molecule has 7 nitrogen and oxygen atoms in total. The number of anilines is 1. The van der Waals surface area contributed by atoms with Gasteiger partial charge in [-0.2, -0.15) is 0 Å². The predicted octanol–water partition coefficient (Wildman–Crippen LogP) is 4.24. The molecule has 3 N–H and O–H groups in total. The van der Waals surface area contributed by atoms with Gasteiger partial charge >= 0.3 is 0 Å². The average molecular weight is 481 g/mol. The monoisotopic (exact) mass is 480 g/mol. The van der Waals surface area contributed by atoms with E-state index in [4.69, 9.17) is 11.1 Å². The molecule has 8 heteroatoms. The highest BCUT2D eigenvalue weighted by Crippen LogP contribution is 2.40. The number of carbonyl (C=O) groups is 1. The maximum atomic E-state index is 13.5. The second-order valence-electron chi connectivity index (χ2n) is 9.47. The maximum absolute atomic E-state index is 13.5. The summed E-state index contributed by atoms with van der Waals surface area (Å²) in [5.74, 6) is 0.563. The van der Waals surface area contributed by atoms with E-state index < -0.39 is 0 Å². The Hall–Kier alpha value is -2.45. The first-order valence-electron chi connectivity index (χ1n) is 12.4. The van der Waals surface area contributed by atoms with Crippen molar-refractivity contribution in [3.63, 3.8) is 0 Å². The number of para-hydroxylation sites is 1. The van der Waals surface area contributed by atoms with Crippen LogP contribution in [-0.4, -0.2) is 57.0 Å². The molecule has 1 fully saturated rings. The Labute approximate surface area is 207 Å². The van der Waals surface area contributed by atoms with Gasteiger partial charge in [-0.1, -0.05) is 25.0 Å². The summed E-state index contributed by atoms with van der Waals surface area (Å²) in [6.07, 6.45) is 9.25. The van der Waals surface area contributed by atoms with Crippen molar-refractivity contribution in [1.29, 1.82) is 5.41 Å². The fourth-order valence-electron chi connectivity index (χ4n) is 5.11. The largest absolute Gasteiger partial charge is 0.382 e. The molecule has 1 unspecified atom stereocenters. The van der Waals surface area contributed by atoms with Crippen molar-refractivity contribution >= 4 is 29.2 Å². The number of nitrogens with one attached hydrogen (secondary N) is 1. The molecule has 4 rings (SSSR count). The summed E-state index contributed by atoms with van der Waals surface area (Å²) >= 11 is 1.58. The topological polar surface area (TPSA) is 99.2 Å². The van der Waals surface area contributed by atoms with Crippen molar-refractivity contribution < 1.29 is 4.79 Å². The zero-order valence-electron chi connectivity index (χ0n) is 20.2. The lowest BCUT2D eigenvalue weighted by Gasteiger charge is -2.39. The number of nitrogens with two attached hydrogens (primary N) is 1. The van der Waals surface area contributed by atoms with Gasteiger partial charge in [-0.15, -0.1) is 11.8 Å². The molecule has 34 heavy (non-hydrogen) atoms. The summed E-state index contributed by atoms with van der Waals surface area (Å²) in [6.45, 7) is 6.58. The van der Waals surface area contributed by atoms with Gasteiger partial charge < -0.3 is 10.6 Å². The molecule has 1 amide bonds. The lowest BCUT2D eigenvalue weighted by atomic mass is 9.97. The molecule has 1 aromatic heterocycles. The van der Waals surface area contributed by atoms with Crippen LogP contribution in [-0.2, 0) is 11.2 Å². The number of hydrogen-bond acceptors (Lipinski definition) is 6. The van der Waals surface area contributed by atoms with Crippen molar-refractivity contribution in [2.45, 2.75) is 81.0 Å². The number of hydrogen-bond donors (Lipinski definition) is 2. The number of nitrogen functional groups attached to an aromatic ring is 1. The zero-order valence-corrected chi connectivity index (χ0v) is 21.1. The van der Waals surface area contributed by atoms with Gasteiger partial charge in [0.2, 0.25) is 5.91 Å². The Morgan fingerprint density at radius 2 is 1.85 bits per heavy atom. The van der Waals surface area contributed by atoms with E-state index in [2.05, 4.69) is 34.8 Å². The van der Waals surface area contributed by atoms with E-state index in [1.807, 2.05) is 23.1 Å². The number of unbranched alkanes of at least 4 members (excludes halogenated alkanes) is 2. The molecule has 2 aliphatic rings. The minimum atomic E-state index is -0.285. The Balaban J connectivity index is 1.37. The summed E-state index contributed by atoms with van der Waals surface area (Å²) in [5, 5.41) is 7.34. The molecule has 0 aliphatic carbocycles.